The molecule has 48 heteroatoms. The van der Waals surface area contributed by atoms with Gasteiger partial charge in [0, 0.05) is 26.2 Å². The van der Waals surface area contributed by atoms with Gasteiger partial charge in [-0.05, 0) is 180 Å². The van der Waals surface area contributed by atoms with E-state index in [0.717, 1.165) is 8.61 Å². The van der Waals surface area contributed by atoms with Crippen LogP contribution in [0.1, 0.15) is 93.9 Å². The van der Waals surface area contributed by atoms with Crippen LogP contribution in [0.3, 0.4) is 0 Å². The number of nitrogens with one attached hydrogen (secondary N) is 6. The van der Waals surface area contributed by atoms with Crippen LogP contribution in [0.4, 0.5) is 4.79 Å². The van der Waals surface area contributed by atoms with Crippen LogP contribution in [0.2, 0.25) is 0 Å². The number of nitrogens with zero attached hydrogens (tertiary/aromatic N) is 2. The smallest absolute Gasteiger partial charge is 0.408 e. The number of likely N-dealkylation sites (N-methyl/N-ethyl adjacent to an activating group) is 5. The first kappa shape index (κ1) is 112. The maximum Gasteiger partial charge on any atom is 0.408 e. The Hall–Kier alpha value is -6.63. The first-order valence-electron chi connectivity index (χ1n) is 45.8. The zero-order valence-corrected chi connectivity index (χ0v) is 82.8. The summed E-state index contributed by atoms with van der Waals surface area (Å²) in [5.41, 5.74) is 25.4. The van der Waals surface area contributed by atoms with Gasteiger partial charge < -0.3 is 157 Å². The number of ether oxygens (including phenoxy) is 13. The lowest BCUT2D eigenvalue weighted by atomic mass is 9.80. The maximum absolute atomic E-state index is 13.6. The highest BCUT2D eigenvalue weighted by Crippen LogP contribution is 2.42. The molecule has 3 saturated heterocycles. The summed E-state index contributed by atoms with van der Waals surface area (Å²) in [6, 6.07) is 21.0. The predicted molar refractivity (Wildman–Crippen MR) is 498 cm³/mol. The van der Waals surface area contributed by atoms with E-state index in [-0.39, 0.29) is 51.5 Å². The number of carbonyl (C=O) groups is 1. The van der Waals surface area contributed by atoms with E-state index >= 15 is 0 Å². The van der Waals surface area contributed by atoms with Gasteiger partial charge in [0.15, 0.2) is 18.9 Å². The zero-order valence-electron chi connectivity index (χ0n) is 79.5. The summed E-state index contributed by atoms with van der Waals surface area (Å²) in [5.74, 6) is 1.07. The average molecular weight is 2030 g/mol. The van der Waals surface area contributed by atoms with Crippen molar-refractivity contribution in [2.24, 2.45) is 40.5 Å². The van der Waals surface area contributed by atoms with Crippen molar-refractivity contribution in [1.82, 2.24) is 39.3 Å². The molecule has 44 nitrogen and oxygen atoms in total. The van der Waals surface area contributed by atoms with Gasteiger partial charge in [0.05, 0.1) is 120 Å². The van der Waals surface area contributed by atoms with E-state index in [4.69, 9.17) is 90.2 Å². The number of rotatable bonds is 31. The summed E-state index contributed by atoms with van der Waals surface area (Å²) < 4.78 is 192. The molecule has 0 radical (unpaired) electrons. The van der Waals surface area contributed by atoms with E-state index in [0.29, 0.717) is 56.1 Å². The second kappa shape index (κ2) is 47.0. The van der Waals surface area contributed by atoms with Crippen molar-refractivity contribution < 1.29 is 146 Å². The zero-order chi connectivity index (χ0) is 101. The normalized spacial score (nSPS) is 37.2. The third kappa shape index (κ3) is 26.9. The topological polar surface area (TPSA) is 664 Å². The van der Waals surface area contributed by atoms with Crippen LogP contribution >= 0.6 is 0 Å². The SMILES string of the molecule is CN([C@@H]1[C@@H](O)[C@@H](O[C@@H]2[C@@H](O)[C@H](O[C@H]3OC(CN)=CC[C@H]3N)[C@@H](N)C[C@H]2NS(=O)(=O)c2ccccc2)OC[C@]1(C)O)S(=O)(=O)c1ccccc1.CNCC1=CC[C@@H](N)[C@@H](O[C@H]2[C@H](O)[C@@H](O[C@H]3OC[C@](C)(O)[C@H](N(C)S(=O)(=O)c4ccccc4)[C@H]3O)[C@H](NS(=O)(=O)c3ccccc3)C[C@@H]2C)O1.CNCC1=CC[C@@H](NC(=O)OC(C)(C)C)[C@@H](O[C@H]2[C@H](O)[C@@H](O[C@H]3OC[C@](C)(O)[C@H](NC)[C@H]3O)[C@H](N)C[C@@H]2C)O1. The van der Waals surface area contributed by atoms with E-state index in [2.05, 4.69) is 30.7 Å². The molecule has 0 aromatic heterocycles. The van der Waals surface area contributed by atoms with Gasteiger partial charge >= 0.3 is 6.09 Å². The Kier molecular flexibility index (Phi) is 38.1. The van der Waals surface area contributed by atoms with Gasteiger partial charge in [-0.3, -0.25) is 0 Å². The van der Waals surface area contributed by atoms with Crippen LogP contribution in [0.25, 0.3) is 0 Å². The molecule has 138 heavy (non-hydrogen) atoms. The van der Waals surface area contributed by atoms with Gasteiger partial charge in [-0.25, -0.2) is 47.9 Å². The third-order valence-corrected chi connectivity index (χ3v) is 32.4. The van der Waals surface area contributed by atoms with Crippen LogP contribution in [-0.2, 0) is 102 Å². The van der Waals surface area contributed by atoms with Crippen molar-refractivity contribution in [3.05, 3.63) is 157 Å². The molecular formula is C90H141N13O31S4. The molecule has 3 aliphatic carbocycles. The minimum absolute atomic E-state index is 0.0116. The third-order valence-electron chi connectivity index (χ3n) is 25.6. The highest BCUT2D eigenvalue weighted by Gasteiger charge is 2.59. The Balaban J connectivity index is 0.000000200. The monoisotopic (exact) mass is 2030 g/mol. The first-order valence-corrected chi connectivity index (χ1v) is 51.6. The molecule has 0 bridgehead atoms. The molecule has 6 aliphatic heterocycles. The molecule has 13 rings (SSSR count). The molecule has 0 unspecified atom stereocenters. The fourth-order valence-electron chi connectivity index (χ4n) is 18.6. The molecule has 1 amide bonds. The summed E-state index contributed by atoms with van der Waals surface area (Å²) in [4.78, 5) is 12.3. The summed E-state index contributed by atoms with van der Waals surface area (Å²) in [6.45, 7) is 13.2. The molecule has 33 atom stereocenters. The lowest BCUT2D eigenvalue weighted by Crippen LogP contribution is -2.70. The highest BCUT2D eigenvalue weighted by atomic mass is 32.2. The van der Waals surface area contributed by atoms with Gasteiger partial charge in [-0.15, -0.1) is 0 Å². The van der Waals surface area contributed by atoms with Gasteiger partial charge in [0.2, 0.25) is 59.0 Å². The molecule has 9 aliphatic rings. The standard InChI is InChI=1S/C33H48N4O11S2.C31H45N5O11S2.C26H48N4O9/c1-20-17-25(36-49(41,42)22-11-7-5-8-12-22)29(26(38)28(20)47-31-24(34)16-15-21(46-31)18-35-3)48-32-27(39)30(33(2,40)19-45-32)37(4)50(43,44)23-13-9-6-10-14-23;1-31(39)17-44-30(25(38)28(31)36(2)49(42,43)20-11-7-4-8-12-20)47-27-23(35-48(40,41)19-9-5-3-6-10-19)15-22(34)26(24(27)37)46-29-21(33)14-13-18(16-32)45-29;1-13-10-15(27)20(38-23-18(32)21(29-7)26(5,34)12-35-23)17(31)19(13)37-22-16(9-8-14(36-22)11-28-6)30-24(33)39-25(2,3)4/h5-15,20,24-32,35-36,38-40H,16-19,34H2,1-4H3;3-13,21-30,35,37-39H,14-17,32-34H2,1-2H3;8,13,15-23,28-29,31-32,34H,9-12,27H2,1-7H3,(H,30,33)/t20-,24+,25+,26-,27+,28+,29-,30+,31+,32+,33-;21-,22+,23-,24+,25-,26-,27+,28-,29-,30-,31+;13-,15+,16+,17-,18+,19+,20-,21+,22+,23+,26-/m010/s1. The van der Waals surface area contributed by atoms with Crippen molar-refractivity contribution >= 4 is 46.2 Å². The molecule has 3 saturated carbocycles. The van der Waals surface area contributed by atoms with Crippen LogP contribution < -0.4 is 59.4 Å². The fraction of sp³-hybridized carbons (Fsp3) is 0.656. The molecule has 4 aromatic carbocycles. The lowest BCUT2D eigenvalue weighted by Gasteiger charge is -2.50. The highest BCUT2D eigenvalue weighted by molar-refractivity contribution is 7.90. The minimum Gasteiger partial charge on any atom is -0.467 e. The predicted octanol–water partition coefficient (Wildman–Crippen LogP) is -2.61. The Bertz CT molecular complexity index is 5170. The number of alkyl carbamates (subject to hydrolysis) is 1. The number of hydrogen-bond donors (Lipinski definition) is 20. The molecule has 6 heterocycles. The van der Waals surface area contributed by atoms with E-state index in [9.17, 15) is 84.4 Å². The van der Waals surface area contributed by atoms with Crippen molar-refractivity contribution in [1.29, 1.82) is 0 Å². The number of amides is 1. The Morgan fingerprint density at radius 1 is 0.435 bits per heavy atom. The number of carbonyl (C=O) groups excluding carboxylic acids is 1. The van der Waals surface area contributed by atoms with Crippen molar-refractivity contribution in [2.45, 2.75) is 307 Å². The van der Waals surface area contributed by atoms with Crippen molar-refractivity contribution in [2.75, 3.05) is 74.7 Å². The molecule has 6 fully saturated rings. The number of hydrogen-bond acceptors (Lipinski definition) is 39. The Labute approximate surface area is 806 Å². The van der Waals surface area contributed by atoms with Crippen LogP contribution in [-0.4, -0.2) is 363 Å². The van der Waals surface area contributed by atoms with E-state index in [1.807, 2.05) is 19.1 Å². The van der Waals surface area contributed by atoms with E-state index in [1.165, 1.54) is 88.6 Å². The maximum atomic E-state index is 13.6. The van der Waals surface area contributed by atoms with Crippen LogP contribution in [0.5, 0.6) is 0 Å². The number of aliphatic hydroxyl groups is 9. The minimum atomic E-state index is -4.23. The largest absolute Gasteiger partial charge is 0.467 e. The number of sulfonamides is 4. The second-order valence-corrected chi connectivity index (χ2v) is 45.5. The first-order chi connectivity index (χ1) is 64.8. The fourth-order valence-corrected chi connectivity index (χ4v) is 24.1. The van der Waals surface area contributed by atoms with Gasteiger partial charge in [-0.2, -0.15) is 8.61 Å². The van der Waals surface area contributed by atoms with Crippen molar-refractivity contribution in [3.63, 3.8) is 0 Å². The van der Waals surface area contributed by atoms with Crippen LogP contribution in [0, 0.1) is 11.8 Å². The second-order valence-electron chi connectivity index (χ2n) is 38.1. The summed E-state index contributed by atoms with van der Waals surface area (Å²) in [5, 5.41) is 114. The Morgan fingerprint density at radius 2 is 0.775 bits per heavy atom. The molecule has 4 aromatic rings. The summed E-state index contributed by atoms with van der Waals surface area (Å²) >= 11 is 0. The summed E-state index contributed by atoms with van der Waals surface area (Å²) in [6.07, 6.45) is -16.7. The molecule has 25 N–H and O–H groups in total. The van der Waals surface area contributed by atoms with Gasteiger partial charge in [-0.1, -0.05) is 86.6 Å². The van der Waals surface area contributed by atoms with E-state index in [1.54, 1.807) is 123 Å². The number of aliphatic hydroxyl groups excluding tert-OH is 6. The summed E-state index contributed by atoms with van der Waals surface area (Å²) in [7, 11) is -9.14. The van der Waals surface area contributed by atoms with Crippen LogP contribution in [0.15, 0.2) is 176 Å². The molecule has 0 spiro atoms. The quantitative estimate of drug-likeness (QED) is 0.0245. The molecular weight excluding hydrogens is 1890 g/mol. The molecule has 776 valence electrons. The van der Waals surface area contributed by atoms with Gasteiger partial charge in [0.1, 0.15) is 101 Å². The van der Waals surface area contributed by atoms with E-state index < -0.39 is 259 Å². The average Bonchev–Trinajstić information content (AvgIpc) is 0.758. The Morgan fingerprint density at radius 3 is 1.20 bits per heavy atom. The van der Waals surface area contributed by atoms with Gasteiger partial charge in [0.25, 0.3) is 0 Å². The lowest BCUT2D eigenvalue weighted by molar-refractivity contribution is -0.310. The van der Waals surface area contributed by atoms with Crippen molar-refractivity contribution in [3.8, 4) is 0 Å². The number of benzene rings is 4. The number of nitrogens with two attached hydrogens (primary N) is 5.